The minimum Gasteiger partial charge on any atom is -0.496 e. The second-order valence-electron chi connectivity index (χ2n) is 5.83. The molecule has 24 heavy (non-hydrogen) atoms. The Hall–Kier alpha value is -2.18. The number of nitrogens with zero attached hydrogens (tertiary/aromatic N) is 3. The molecule has 0 radical (unpaired) electrons. The summed E-state index contributed by atoms with van der Waals surface area (Å²) >= 11 is 1.59. The molecule has 0 amide bonds. The van der Waals surface area contributed by atoms with Crippen molar-refractivity contribution >= 4 is 11.3 Å². The van der Waals surface area contributed by atoms with Crippen molar-refractivity contribution in [2.75, 3.05) is 14.2 Å². The summed E-state index contributed by atoms with van der Waals surface area (Å²) in [6, 6.07) is 10.2. The summed E-state index contributed by atoms with van der Waals surface area (Å²) in [7, 11) is 3.74. The summed E-state index contributed by atoms with van der Waals surface area (Å²) in [5, 5.41) is 10.4. The third kappa shape index (κ3) is 3.49. The number of ether oxygens (including phenoxy) is 1. The maximum Gasteiger partial charge on any atom is 0.257 e. The van der Waals surface area contributed by atoms with Crippen LogP contribution >= 0.6 is 11.3 Å². The van der Waals surface area contributed by atoms with Gasteiger partial charge in [0.1, 0.15) is 5.75 Å². The van der Waals surface area contributed by atoms with Gasteiger partial charge >= 0.3 is 0 Å². The zero-order chi connectivity index (χ0) is 17.1. The summed E-state index contributed by atoms with van der Waals surface area (Å²) in [5.74, 6) is 2.09. The molecule has 3 aromatic rings. The molecule has 1 atom stereocenters. The zero-order valence-corrected chi connectivity index (χ0v) is 15.1. The SMILES string of the molecule is COc1ccc(C)cc1CN(C)[C@H](C)c1nnc(-c2cccs2)o1. The van der Waals surface area contributed by atoms with Gasteiger partial charge < -0.3 is 9.15 Å². The monoisotopic (exact) mass is 343 g/mol. The summed E-state index contributed by atoms with van der Waals surface area (Å²) in [4.78, 5) is 3.16. The Morgan fingerprint density at radius 2 is 2.12 bits per heavy atom. The minimum atomic E-state index is 0.0106. The maximum absolute atomic E-state index is 5.84. The Bertz CT molecular complexity index is 798. The molecule has 0 saturated heterocycles. The molecule has 0 N–H and O–H groups in total. The first-order chi connectivity index (χ1) is 11.6. The van der Waals surface area contributed by atoms with Gasteiger partial charge in [-0.05, 0) is 38.4 Å². The van der Waals surface area contributed by atoms with Crippen molar-refractivity contribution in [2.24, 2.45) is 0 Å². The second-order valence-corrected chi connectivity index (χ2v) is 6.78. The number of aromatic nitrogens is 2. The van der Waals surface area contributed by atoms with Crippen LogP contribution in [0.15, 0.2) is 40.1 Å². The minimum absolute atomic E-state index is 0.0106. The van der Waals surface area contributed by atoms with Crippen LogP contribution in [0.1, 0.15) is 30.0 Å². The molecule has 0 aliphatic rings. The molecule has 3 rings (SSSR count). The van der Waals surface area contributed by atoms with Crippen LogP contribution in [-0.4, -0.2) is 29.3 Å². The van der Waals surface area contributed by atoms with Crippen molar-refractivity contribution in [2.45, 2.75) is 26.4 Å². The zero-order valence-electron chi connectivity index (χ0n) is 14.3. The molecule has 0 spiro atoms. The second kappa shape index (κ2) is 7.15. The van der Waals surface area contributed by atoms with E-state index in [4.69, 9.17) is 9.15 Å². The van der Waals surface area contributed by atoms with Gasteiger partial charge in [-0.3, -0.25) is 4.90 Å². The Kier molecular flexibility index (Phi) is 4.97. The van der Waals surface area contributed by atoms with E-state index in [0.29, 0.717) is 11.8 Å². The molecular formula is C18H21N3O2S. The van der Waals surface area contributed by atoms with Crippen LogP contribution in [0.5, 0.6) is 5.75 Å². The van der Waals surface area contributed by atoms with E-state index in [1.54, 1.807) is 18.4 Å². The summed E-state index contributed by atoms with van der Waals surface area (Å²) < 4.78 is 11.3. The molecule has 0 aliphatic carbocycles. The smallest absolute Gasteiger partial charge is 0.257 e. The van der Waals surface area contributed by atoms with Gasteiger partial charge in [-0.25, -0.2) is 0 Å². The summed E-state index contributed by atoms with van der Waals surface area (Å²) in [5.41, 5.74) is 2.36. The van der Waals surface area contributed by atoms with Gasteiger partial charge in [-0.1, -0.05) is 23.8 Å². The molecular weight excluding hydrogens is 322 g/mol. The van der Waals surface area contributed by atoms with E-state index in [2.05, 4.69) is 41.1 Å². The van der Waals surface area contributed by atoms with E-state index >= 15 is 0 Å². The summed E-state index contributed by atoms with van der Waals surface area (Å²) in [6.07, 6.45) is 0. The molecule has 6 heteroatoms. The number of thiophene rings is 1. The Morgan fingerprint density at radius 3 is 2.83 bits per heavy atom. The predicted molar refractivity (Wildman–Crippen MR) is 95.2 cm³/mol. The van der Waals surface area contributed by atoms with Crippen molar-refractivity contribution in [3.05, 3.63) is 52.7 Å². The van der Waals surface area contributed by atoms with Crippen molar-refractivity contribution in [1.82, 2.24) is 15.1 Å². The van der Waals surface area contributed by atoms with E-state index in [1.165, 1.54) is 5.56 Å². The van der Waals surface area contributed by atoms with Crippen LogP contribution in [0.25, 0.3) is 10.8 Å². The number of aryl methyl sites for hydroxylation is 1. The van der Waals surface area contributed by atoms with Crippen LogP contribution < -0.4 is 4.74 Å². The number of rotatable bonds is 6. The average molecular weight is 343 g/mol. The van der Waals surface area contributed by atoms with Gasteiger partial charge in [0.05, 0.1) is 18.0 Å². The molecule has 2 aromatic heterocycles. The van der Waals surface area contributed by atoms with E-state index in [1.807, 2.05) is 30.6 Å². The molecule has 0 fully saturated rings. The van der Waals surface area contributed by atoms with Gasteiger partial charge in [0.2, 0.25) is 5.89 Å². The standard InChI is InChI=1S/C18H21N3O2S/c1-12-7-8-15(22-4)14(10-12)11-21(3)13(2)17-19-20-18(23-17)16-6-5-9-24-16/h5-10,13H,11H2,1-4H3/t13-/m1/s1. The van der Waals surface area contributed by atoms with Gasteiger partial charge in [0, 0.05) is 12.1 Å². The van der Waals surface area contributed by atoms with Crippen molar-refractivity contribution < 1.29 is 9.15 Å². The average Bonchev–Trinajstić information content (AvgIpc) is 3.25. The lowest BCUT2D eigenvalue weighted by atomic mass is 10.1. The molecule has 0 unspecified atom stereocenters. The van der Waals surface area contributed by atoms with Crippen LogP contribution in [0.3, 0.4) is 0 Å². The highest BCUT2D eigenvalue weighted by molar-refractivity contribution is 7.13. The number of hydrogen-bond acceptors (Lipinski definition) is 6. The molecule has 5 nitrogen and oxygen atoms in total. The van der Waals surface area contributed by atoms with E-state index in [0.717, 1.165) is 22.7 Å². The Labute approximate surface area is 145 Å². The quantitative estimate of drug-likeness (QED) is 0.667. The van der Waals surface area contributed by atoms with Gasteiger partial charge in [-0.15, -0.1) is 21.5 Å². The lowest BCUT2D eigenvalue weighted by Gasteiger charge is -2.23. The highest BCUT2D eigenvalue weighted by atomic mass is 32.1. The highest BCUT2D eigenvalue weighted by Gasteiger charge is 2.20. The van der Waals surface area contributed by atoms with Crippen molar-refractivity contribution in [3.8, 4) is 16.5 Å². The van der Waals surface area contributed by atoms with Crippen molar-refractivity contribution in [1.29, 1.82) is 0 Å². The molecule has 1 aromatic carbocycles. The third-order valence-corrected chi connectivity index (χ3v) is 4.90. The maximum atomic E-state index is 5.84. The Morgan fingerprint density at radius 1 is 1.29 bits per heavy atom. The number of benzene rings is 1. The molecule has 126 valence electrons. The molecule has 0 aliphatic heterocycles. The van der Waals surface area contributed by atoms with Crippen LogP contribution in [0.4, 0.5) is 0 Å². The first-order valence-corrected chi connectivity index (χ1v) is 8.67. The van der Waals surface area contributed by atoms with E-state index < -0.39 is 0 Å². The first kappa shape index (κ1) is 16.7. The highest BCUT2D eigenvalue weighted by Crippen LogP contribution is 2.28. The fourth-order valence-electron chi connectivity index (χ4n) is 2.53. The topological polar surface area (TPSA) is 51.4 Å². The number of methoxy groups -OCH3 is 1. The van der Waals surface area contributed by atoms with Gasteiger partial charge in [0.15, 0.2) is 0 Å². The van der Waals surface area contributed by atoms with Crippen LogP contribution in [-0.2, 0) is 6.54 Å². The van der Waals surface area contributed by atoms with Gasteiger partial charge in [-0.2, -0.15) is 0 Å². The van der Waals surface area contributed by atoms with Crippen LogP contribution in [0, 0.1) is 6.92 Å². The van der Waals surface area contributed by atoms with Crippen molar-refractivity contribution in [3.63, 3.8) is 0 Å². The summed E-state index contributed by atoms with van der Waals surface area (Å²) in [6.45, 7) is 4.88. The van der Waals surface area contributed by atoms with Crippen LogP contribution in [0.2, 0.25) is 0 Å². The lowest BCUT2D eigenvalue weighted by Crippen LogP contribution is -2.22. The fourth-order valence-corrected chi connectivity index (χ4v) is 3.17. The Balaban J connectivity index is 1.75. The lowest BCUT2D eigenvalue weighted by molar-refractivity contribution is 0.215. The fraction of sp³-hybridized carbons (Fsp3) is 0.333. The third-order valence-electron chi connectivity index (χ3n) is 4.05. The normalized spacial score (nSPS) is 12.5. The van der Waals surface area contributed by atoms with E-state index in [9.17, 15) is 0 Å². The van der Waals surface area contributed by atoms with E-state index in [-0.39, 0.29) is 6.04 Å². The largest absolute Gasteiger partial charge is 0.496 e. The molecule has 2 heterocycles. The first-order valence-electron chi connectivity index (χ1n) is 7.79. The number of hydrogen-bond donors (Lipinski definition) is 0. The van der Waals surface area contributed by atoms with Gasteiger partial charge in [0.25, 0.3) is 5.89 Å². The molecule has 0 bridgehead atoms. The molecule has 0 saturated carbocycles. The predicted octanol–water partition coefficient (Wildman–Crippen LogP) is 4.31.